The number of piperazine rings is 1. The summed E-state index contributed by atoms with van der Waals surface area (Å²) in [6, 6.07) is 4.18. The number of hydrogen-bond donors (Lipinski definition) is 1. The van der Waals surface area contributed by atoms with Gasteiger partial charge in [-0.1, -0.05) is 23.2 Å². The molecule has 0 radical (unpaired) electrons. The molecule has 0 aromatic heterocycles. The van der Waals surface area contributed by atoms with E-state index in [1.807, 2.05) is 0 Å². The second kappa shape index (κ2) is 4.78. The van der Waals surface area contributed by atoms with Gasteiger partial charge < -0.3 is 4.90 Å². The van der Waals surface area contributed by atoms with Gasteiger partial charge >= 0.3 is 0 Å². The minimum Gasteiger partial charge on any atom is -0.348 e. The van der Waals surface area contributed by atoms with Crippen LogP contribution in [0.5, 0.6) is 0 Å². The van der Waals surface area contributed by atoms with Gasteiger partial charge in [0.05, 0.1) is 10.0 Å². The Labute approximate surface area is 115 Å². The van der Waals surface area contributed by atoms with Crippen molar-refractivity contribution in [3.63, 3.8) is 0 Å². The van der Waals surface area contributed by atoms with Crippen molar-refractivity contribution in [3.05, 3.63) is 28.2 Å². The molecule has 0 bridgehead atoms. The molecule has 0 spiro atoms. The van der Waals surface area contributed by atoms with Crippen LogP contribution in [0.15, 0.2) is 18.2 Å². The predicted octanol–water partition coefficient (Wildman–Crippen LogP) is 2.23. The molecule has 1 fully saturated rings. The Morgan fingerprint density at radius 1 is 1.06 bits per heavy atom. The molecule has 1 heterocycles. The number of halogens is 2. The number of carbonyl (C=O) groups excluding carboxylic acids is 2. The molecule has 1 aromatic carbocycles. The van der Waals surface area contributed by atoms with E-state index in [9.17, 15) is 9.59 Å². The van der Waals surface area contributed by atoms with Gasteiger partial charge in [-0.25, -0.2) is 0 Å². The average Bonchev–Trinajstić information content (AvgIpc) is 2.31. The monoisotopic (exact) mass is 286 g/mol. The molecule has 1 N–H and O–H groups in total. The minimum atomic E-state index is -0.435. The molecule has 2 rings (SSSR count). The van der Waals surface area contributed by atoms with Crippen LogP contribution in [0.4, 0.5) is 5.69 Å². The first kappa shape index (κ1) is 13.2. The first-order valence-electron chi connectivity index (χ1n) is 5.50. The Hall–Kier alpha value is -1.26. The number of amides is 2. The molecule has 2 atom stereocenters. The summed E-state index contributed by atoms with van der Waals surface area (Å²) in [6.07, 6.45) is 0. The third-order valence-corrected chi connectivity index (χ3v) is 3.78. The molecule has 2 unspecified atom stereocenters. The van der Waals surface area contributed by atoms with Crippen LogP contribution in [-0.2, 0) is 9.59 Å². The van der Waals surface area contributed by atoms with E-state index in [4.69, 9.17) is 23.2 Å². The van der Waals surface area contributed by atoms with E-state index in [0.717, 1.165) is 0 Å². The van der Waals surface area contributed by atoms with E-state index >= 15 is 0 Å². The molecule has 6 heteroatoms. The lowest BCUT2D eigenvalue weighted by Gasteiger charge is -2.38. The summed E-state index contributed by atoms with van der Waals surface area (Å²) in [5.74, 6) is -0.631. The lowest BCUT2D eigenvalue weighted by molar-refractivity contribution is -0.134. The molecule has 18 heavy (non-hydrogen) atoms. The highest BCUT2D eigenvalue weighted by Crippen LogP contribution is 2.30. The van der Waals surface area contributed by atoms with Gasteiger partial charge in [-0.05, 0) is 32.0 Å². The van der Waals surface area contributed by atoms with Crippen molar-refractivity contribution in [2.45, 2.75) is 25.9 Å². The Kier molecular flexibility index (Phi) is 3.50. The fraction of sp³-hybridized carbons (Fsp3) is 0.333. The SMILES string of the molecule is CC1C(=O)NC(=O)C(C)N1c1ccc(Cl)c(Cl)c1. The van der Waals surface area contributed by atoms with Crippen LogP contribution in [0, 0.1) is 0 Å². The molecule has 1 aromatic rings. The van der Waals surface area contributed by atoms with Crippen molar-refractivity contribution in [2.24, 2.45) is 0 Å². The molecule has 96 valence electrons. The summed E-state index contributed by atoms with van der Waals surface area (Å²) in [4.78, 5) is 25.0. The molecule has 1 saturated heterocycles. The molecule has 0 saturated carbocycles. The number of anilines is 1. The zero-order valence-corrected chi connectivity index (χ0v) is 11.4. The maximum absolute atomic E-state index is 11.7. The van der Waals surface area contributed by atoms with Crippen LogP contribution in [-0.4, -0.2) is 23.9 Å². The fourth-order valence-electron chi connectivity index (χ4n) is 2.01. The summed E-state index contributed by atoms with van der Waals surface area (Å²) in [6.45, 7) is 3.47. The number of nitrogens with zero attached hydrogens (tertiary/aromatic N) is 1. The van der Waals surface area contributed by atoms with Gasteiger partial charge in [-0.2, -0.15) is 0 Å². The normalized spacial score (nSPS) is 24.1. The predicted molar refractivity (Wildman–Crippen MR) is 71.0 cm³/mol. The summed E-state index contributed by atoms with van der Waals surface area (Å²) in [7, 11) is 0. The maximum atomic E-state index is 11.7. The van der Waals surface area contributed by atoms with Crippen molar-refractivity contribution in [3.8, 4) is 0 Å². The minimum absolute atomic E-state index is 0.316. The van der Waals surface area contributed by atoms with Crippen LogP contribution in [0.3, 0.4) is 0 Å². The lowest BCUT2D eigenvalue weighted by atomic mass is 10.1. The maximum Gasteiger partial charge on any atom is 0.249 e. The molecule has 1 aliphatic heterocycles. The van der Waals surface area contributed by atoms with Crippen molar-refractivity contribution >= 4 is 40.7 Å². The highest BCUT2D eigenvalue weighted by Gasteiger charge is 2.36. The van der Waals surface area contributed by atoms with Crippen molar-refractivity contribution in [1.82, 2.24) is 5.32 Å². The lowest BCUT2D eigenvalue weighted by Crippen LogP contribution is -2.61. The highest BCUT2D eigenvalue weighted by molar-refractivity contribution is 6.42. The van der Waals surface area contributed by atoms with E-state index in [2.05, 4.69) is 5.32 Å². The number of carbonyl (C=O) groups is 2. The van der Waals surface area contributed by atoms with Crippen molar-refractivity contribution in [1.29, 1.82) is 0 Å². The molecular formula is C12H12Cl2N2O2. The van der Waals surface area contributed by atoms with E-state index < -0.39 is 12.1 Å². The van der Waals surface area contributed by atoms with Crippen LogP contribution in [0.2, 0.25) is 10.0 Å². The molecule has 1 aliphatic rings. The summed E-state index contributed by atoms with van der Waals surface area (Å²) in [5.41, 5.74) is 0.701. The number of hydrogen-bond acceptors (Lipinski definition) is 3. The highest BCUT2D eigenvalue weighted by atomic mass is 35.5. The van der Waals surface area contributed by atoms with Crippen LogP contribution in [0.25, 0.3) is 0 Å². The van der Waals surface area contributed by atoms with Gasteiger partial charge in [0, 0.05) is 5.69 Å². The summed E-state index contributed by atoms with van der Waals surface area (Å²) < 4.78 is 0. The Morgan fingerprint density at radius 2 is 1.61 bits per heavy atom. The fourth-order valence-corrected chi connectivity index (χ4v) is 2.30. The molecule has 4 nitrogen and oxygen atoms in total. The van der Waals surface area contributed by atoms with Gasteiger partial charge in [-0.15, -0.1) is 0 Å². The van der Waals surface area contributed by atoms with Gasteiger partial charge in [0.1, 0.15) is 12.1 Å². The van der Waals surface area contributed by atoms with E-state index in [1.54, 1.807) is 36.9 Å². The van der Waals surface area contributed by atoms with Gasteiger partial charge in [0.2, 0.25) is 11.8 Å². The second-order valence-electron chi connectivity index (χ2n) is 4.21. The summed E-state index contributed by atoms with van der Waals surface area (Å²) in [5, 5.41) is 3.16. The van der Waals surface area contributed by atoms with Gasteiger partial charge in [-0.3, -0.25) is 14.9 Å². The van der Waals surface area contributed by atoms with E-state index in [-0.39, 0.29) is 11.8 Å². The standard InChI is InChI=1S/C12H12Cl2N2O2/c1-6-11(17)15-12(18)7(2)16(6)8-3-4-9(13)10(14)5-8/h3-7H,1-2H3,(H,15,17,18). The van der Waals surface area contributed by atoms with Gasteiger partial charge in [0.25, 0.3) is 0 Å². The topological polar surface area (TPSA) is 49.4 Å². The average molecular weight is 287 g/mol. The quantitative estimate of drug-likeness (QED) is 0.806. The molecular weight excluding hydrogens is 275 g/mol. The third kappa shape index (κ3) is 2.18. The largest absolute Gasteiger partial charge is 0.348 e. The zero-order valence-electron chi connectivity index (χ0n) is 9.91. The number of rotatable bonds is 1. The first-order chi connectivity index (χ1) is 8.41. The van der Waals surface area contributed by atoms with Crippen molar-refractivity contribution < 1.29 is 9.59 Å². The third-order valence-electron chi connectivity index (χ3n) is 3.04. The van der Waals surface area contributed by atoms with Crippen LogP contribution < -0.4 is 10.2 Å². The first-order valence-corrected chi connectivity index (χ1v) is 6.25. The van der Waals surface area contributed by atoms with Crippen molar-refractivity contribution in [2.75, 3.05) is 4.90 Å². The Balaban J connectivity index is 2.42. The number of benzene rings is 1. The smallest absolute Gasteiger partial charge is 0.249 e. The summed E-state index contributed by atoms with van der Waals surface area (Å²) >= 11 is 11.8. The molecule has 0 aliphatic carbocycles. The second-order valence-corrected chi connectivity index (χ2v) is 5.03. The zero-order chi connectivity index (χ0) is 13.4. The van der Waals surface area contributed by atoms with E-state index in [1.165, 1.54) is 0 Å². The van der Waals surface area contributed by atoms with Gasteiger partial charge in [0.15, 0.2) is 0 Å². The van der Waals surface area contributed by atoms with E-state index in [0.29, 0.717) is 15.7 Å². The number of imide groups is 1. The van der Waals surface area contributed by atoms with Crippen LogP contribution >= 0.6 is 23.2 Å². The Morgan fingerprint density at radius 3 is 2.11 bits per heavy atom. The molecule has 2 amide bonds. The van der Waals surface area contributed by atoms with Crippen LogP contribution in [0.1, 0.15) is 13.8 Å². The number of nitrogens with one attached hydrogen (secondary N) is 1. The Bertz CT molecular complexity index is 499.